The minimum Gasteiger partial charge on any atom is -0.375 e. The fourth-order valence-electron chi connectivity index (χ4n) is 2.63. The van der Waals surface area contributed by atoms with Crippen molar-refractivity contribution in [3.05, 3.63) is 39.9 Å². The molecule has 1 N–H and O–H groups in total. The Labute approximate surface area is 133 Å². The first kappa shape index (κ1) is 15.4. The average Bonchev–Trinajstić information content (AvgIpc) is 2.96. The van der Waals surface area contributed by atoms with Crippen LogP contribution in [0.1, 0.15) is 29.4 Å². The van der Waals surface area contributed by atoms with E-state index in [1.165, 1.54) is 6.07 Å². The molecule has 0 saturated carbocycles. The highest BCUT2D eigenvalue weighted by Gasteiger charge is 2.26. The average molecular weight is 317 g/mol. The van der Waals surface area contributed by atoms with Crippen molar-refractivity contribution in [2.75, 3.05) is 19.7 Å². The van der Waals surface area contributed by atoms with Gasteiger partial charge in [-0.1, -0.05) is 6.92 Å². The predicted octanol–water partition coefficient (Wildman–Crippen LogP) is 0.515. The zero-order chi connectivity index (χ0) is 16.4. The summed E-state index contributed by atoms with van der Waals surface area (Å²) in [5, 5.41) is 10.5. The summed E-state index contributed by atoms with van der Waals surface area (Å²) >= 11 is 0. The van der Waals surface area contributed by atoms with Crippen LogP contribution in [0.5, 0.6) is 0 Å². The van der Waals surface area contributed by atoms with E-state index >= 15 is 0 Å². The number of hydrogen-bond donors (Lipinski definition) is 1. The molecule has 0 bridgehead atoms. The monoisotopic (exact) mass is 317 g/mol. The normalized spacial score (nSPS) is 18.2. The second-order valence-corrected chi connectivity index (χ2v) is 5.49. The third kappa shape index (κ3) is 3.02. The molecule has 3 rings (SSSR count). The number of H-pyrrole nitrogens is 1. The Hall–Kier alpha value is -2.48. The van der Waals surface area contributed by atoms with Gasteiger partial charge in [-0.3, -0.25) is 9.59 Å². The molecule has 2 aromatic rings. The Kier molecular flexibility index (Phi) is 4.24. The summed E-state index contributed by atoms with van der Waals surface area (Å²) < 4.78 is 7.14. The molecule has 1 aliphatic heterocycles. The van der Waals surface area contributed by atoms with Crippen molar-refractivity contribution in [2.24, 2.45) is 0 Å². The molecule has 122 valence electrons. The molecule has 1 fully saturated rings. The largest absolute Gasteiger partial charge is 0.375 e. The van der Waals surface area contributed by atoms with Crippen molar-refractivity contribution in [2.45, 2.75) is 26.4 Å². The minimum atomic E-state index is -0.284. The molecule has 0 aromatic carbocycles. The van der Waals surface area contributed by atoms with E-state index in [2.05, 4.69) is 15.3 Å². The summed E-state index contributed by atoms with van der Waals surface area (Å²) in [6, 6.07) is 2.94. The van der Waals surface area contributed by atoms with Crippen molar-refractivity contribution < 1.29 is 9.53 Å². The van der Waals surface area contributed by atoms with E-state index in [1.807, 2.05) is 13.8 Å². The summed E-state index contributed by atoms with van der Waals surface area (Å²) in [5.74, 6) is 0.412. The van der Waals surface area contributed by atoms with Crippen molar-refractivity contribution >= 4 is 5.91 Å². The summed E-state index contributed by atoms with van der Waals surface area (Å²) in [6.07, 6.45) is 2.51. The number of ether oxygens (including phenoxy) is 1. The van der Waals surface area contributed by atoms with Gasteiger partial charge in [-0.15, -0.1) is 0 Å². The molecule has 2 aromatic heterocycles. The number of hydrogen-bond acceptors (Lipinski definition) is 5. The lowest BCUT2D eigenvalue weighted by Crippen LogP contribution is -2.45. The van der Waals surface area contributed by atoms with Crippen LogP contribution in [-0.2, 0) is 4.74 Å². The SMILES string of the molecule is CCC1CN(C(=O)c2cnn(-c3ccc(=O)[nH]n3)c2C)CCO1. The minimum absolute atomic E-state index is 0.0556. The van der Waals surface area contributed by atoms with E-state index in [9.17, 15) is 9.59 Å². The number of nitrogens with zero attached hydrogens (tertiary/aromatic N) is 4. The molecular weight excluding hydrogens is 298 g/mol. The van der Waals surface area contributed by atoms with Crippen LogP contribution in [0.3, 0.4) is 0 Å². The van der Waals surface area contributed by atoms with Crippen LogP contribution in [0.15, 0.2) is 23.1 Å². The molecule has 1 aliphatic rings. The lowest BCUT2D eigenvalue weighted by atomic mass is 10.1. The quantitative estimate of drug-likeness (QED) is 0.890. The number of aromatic nitrogens is 4. The van der Waals surface area contributed by atoms with Crippen LogP contribution in [0.25, 0.3) is 5.82 Å². The van der Waals surface area contributed by atoms with Gasteiger partial charge < -0.3 is 9.64 Å². The Morgan fingerprint density at radius 1 is 1.48 bits per heavy atom. The van der Waals surface area contributed by atoms with E-state index in [1.54, 1.807) is 21.8 Å². The smallest absolute Gasteiger partial charge is 0.264 e. The fourth-order valence-corrected chi connectivity index (χ4v) is 2.63. The summed E-state index contributed by atoms with van der Waals surface area (Å²) in [4.78, 5) is 25.6. The van der Waals surface area contributed by atoms with E-state index in [4.69, 9.17) is 4.74 Å². The van der Waals surface area contributed by atoms with Gasteiger partial charge in [0.1, 0.15) is 0 Å². The van der Waals surface area contributed by atoms with Gasteiger partial charge in [0.2, 0.25) is 0 Å². The van der Waals surface area contributed by atoms with Gasteiger partial charge in [-0.05, 0) is 19.4 Å². The van der Waals surface area contributed by atoms with E-state index in [0.29, 0.717) is 36.8 Å². The second-order valence-electron chi connectivity index (χ2n) is 5.49. The lowest BCUT2D eigenvalue weighted by Gasteiger charge is -2.32. The third-order valence-corrected chi connectivity index (χ3v) is 4.00. The zero-order valence-electron chi connectivity index (χ0n) is 13.2. The first-order chi connectivity index (χ1) is 11.1. The second kappa shape index (κ2) is 6.33. The number of rotatable bonds is 3. The summed E-state index contributed by atoms with van der Waals surface area (Å²) in [7, 11) is 0. The zero-order valence-corrected chi connectivity index (χ0v) is 13.2. The number of morpholine rings is 1. The van der Waals surface area contributed by atoms with E-state index < -0.39 is 0 Å². The molecule has 0 radical (unpaired) electrons. The van der Waals surface area contributed by atoms with Crippen LogP contribution in [0.4, 0.5) is 0 Å². The summed E-state index contributed by atoms with van der Waals surface area (Å²) in [5.41, 5.74) is 0.942. The van der Waals surface area contributed by atoms with Crippen LogP contribution >= 0.6 is 0 Å². The highest BCUT2D eigenvalue weighted by molar-refractivity contribution is 5.95. The molecule has 3 heterocycles. The first-order valence-corrected chi connectivity index (χ1v) is 7.61. The highest BCUT2D eigenvalue weighted by Crippen LogP contribution is 2.16. The van der Waals surface area contributed by atoms with E-state index in [-0.39, 0.29) is 17.6 Å². The number of aromatic amines is 1. The van der Waals surface area contributed by atoms with Gasteiger partial charge in [-0.25, -0.2) is 9.78 Å². The maximum absolute atomic E-state index is 12.7. The Morgan fingerprint density at radius 2 is 2.30 bits per heavy atom. The summed E-state index contributed by atoms with van der Waals surface area (Å²) in [6.45, 7) is 5.58. The standard InChI is InChI=1S/C15H19N5O3/c1-3-11-9-19(6-7-23-11)15(22)12-8-16-20(10(12)2)13-4-5-14(21)18-17-13/h4-5,8,11H,3,6-7,9H2,1-2H3,(H,18,21). The van der Waals surface area contributed by atoms with Gasteiger partial charge in [0.15, 0.2) is 5.82 Å². The fraction of sp³-hybridized carbons (Fsp3) is 0.467. The number of carbonyl (C=O) groups is 1. The Bertz CT molecular complexity index is 746. The van der Waals surface area contributed by atoms with Gasteiger partial charge in [0, 0.05) is 19.2 Å². The van der Waals surface area contributed by atoms with Crippen LogP contribution in [-0.4, -0.2) is 56.6 Å². The maximum atomic E-state index is 12.7. The molecule has 23 heavy (non-hydrogen) atoms. The van der Waals surface area contributed by atoms with Gasteiger partial charge >= 0.3 is 0 Å². The number of amides is 1. The first-order valence-electron chi connectivity index (χ1n) is 7.61. The van der Waals surface area contributed by atoms with Gasteiger partial charge in [0.05, 0.1) is 30.2 Å². The molecule has 1 saturated heterocycles. The van der Waals surface area contributed by atoms with Crippen molar-refractivity contribution in [3.8, 4) is 5.82 Å². The maximum Gasteiger partial charge on any atom is 0.264 e. The molecular formula is C15H19N5O3. The topological polar surface area (TPSA) is 93.1 Å². The predicted molar refractivity (Wildman–Crippen MR) is 82.7 cm³/mol. The van der Waals surface area contributed by atoms with Crippen LogP contribution in [0.2, 0.25) is 0 Å². The molecule has 0 spiro atoms. The molecule has 1 atom stereocenters. The van der Waals surface area contributed by atoms with Crippen molar-refractivity contribution in [1.29, 1.82) is 0 Å². The third-order valence-electron chi connectivity index (χ3n) is 4.00. The van der Waals surface area contributed by atoms with Crippen LogP contribution < -0.4 is 5.56 Å². The van der Waals surface area contributed by atoms with Crippen LogP contribution in [0, 0.1) is 6.92 Å². The number of nitrogens with one attached hydrogen (secondary N) is 1. The molecule has 8 nitrogen and oxygen atoms in total. The molecule has 0 aliphatic carbocycles. The molecule has 8 heteroatoms. The lowest BCUT2D eigenvalue weighted by molar-refractivity contribution is -0.0226. The Balaban J connectivity index is 1.85. The van der Waals surface area contributed by atoms with E-state index in [0.717, 1.165) is 6.42 Å². The van der Waals surface area contributed by atoms with Crippen molar-refractivity contribution in [3.63, 3.8) is 0 Å². The van der Waals surface area contributed by atoms with Gasteiger partial charge in [0.25, 0.3) is 11.5 Å². The molecule has 1 amide bonds. The van der Waals surface area contributed by atoms with Gasteiger partial charge in [-0.2, -0.15) is 10.2 Å². The molecule has 1 unspecified atom stereocenters. The Morgan fingerprint density at radius 3 is 3.00 bits per heavy atom. The number of carbonyl (C=O) groups excluding carboxylic acids is 1. The van der Waals surface area contributed by atoms with Crippen molar-refractivity contribution in [1.82, 2.24) is 24.9 Å². The highest BCUT2D eigenvalue weighted by atomic mass is 16.5.